The molecule has 0 bridgehead atoms. The number of nitrogens with zero attached hydrogens (tertiary/aromatic N) is 1. The monoisotopic (exact) mass is 355 g/mol. The van der Waals surface area contributed by atoms with Crippen LogP contribution in [0.2, 0.25) is 0 Å². The summed E-state index contributed by atoms with van der Waals surface area (Å²) in [5.74, 6) is 0.687. The zero-order valence-electron chi connectivity index (χ0n) is 13.4. The van der Waals surface area contributed by atoms with E-state index in [9.17, 15) is 9.59 Å². The molecule has 2 amide bonds. The lowest BCUT2D eigenvalue weighted by molar-refractivity contribution is -0.116. The highest BCUT2D eigenvalue weighted by molar-refractivity contribution is 8.02. The highest BCUT2D eigenvalue weighted by Gasteiger charge is 2.14. The molecule has 0 spiro atoms. The maximum Gasteiger partial charge on any atom is 0.291 e. The maximum atomic E-state index is 12.1. The molecule has 128 valence electrons. The number of hydrogen-bond donors (Lipinski definition) is 2. The first kappa shape index (κ1) is 17.0. The quantitative estimate of drug-likeness (QED) is 0.862. The molecule has 2 N–H and O–H groups in total. The van der Waals surface area contributed by atoms with Gasteiger partial charge >= 0.3 is 0 Å². The van der Waals surface area contributed by atoms with Crippen molar-refractivity contribution in [3.8, 4) is 0 Å². The first-order chi connectivity index (χ1) is 12.2. The van der Waals surface area contributed by atoms with Crippen LogP contribution in [0.3, 0.4) is 0 Å². The van der Waals surface area contributed by atoms with Crippen molar-refractivity contribution in [3.63, 3.8) is 0 Å². The third-order valence-corrected chi connectivity index (χ3v) is 4.24. The maximum absolute atomic E-state index is 12.1. The Morgan fingerprint density at radius 2 is 2.00 bits per heavy atom. The number of carbonyl (C=O) groups excluding carboxylic acids is 2. The van der Waals surface area contributed by atoms with E-state index < -0.39 is 0 Å². The van der Waals surface area contributed by atoms with Crippen LogP contribution in [0.4, 0.5) is 5.69 Å². The topological polar surface area (TPSA) is 80.3 Å². The molecule has 2 heterocycles. The molecule has 0 aliphatic carbocycles. The second-order valence-corrected chi connectivity index (χ2v) is 6.25. The molecule has 0 saturated carbocycles. The Hall–Kier alpha value is -2.80. The van der Waals surface area contributed by atoms with E-state index >= 15 is 0 Å². The number of pyridine rings is 1. The molecule has 6 nitrogen and oxygen atoms in total. The van der Waals surface area contributed by atoms with Crippen LogP contribution < -0.4 is 10.6 Å². The normalized spacial score (nSPS) is 13.4. The number of aromatic nitrogens is 1. The van der Waals surface area contributed by atoms with Crippen LogP contribution in [0.1, 0.15) is 15.9 Å². The molecular formula is C18H17N3O3S. The summed E-state index contributed by atoms with van der Waals surface area (Å²) in [6.45, 7) is 0.939. The van der Waals surface area contributed by atoms with Gasteiger partial charge in [-0.15, -0.1) is 11.8 Å². The minimum absolute atomic E-state index is 0.184. The Bertz CT molecular complexity index is 776. The fourth-order valence-electron chi connectivity index (χ4n) is 2.17. The minimum atomic E-state index is -0.291. The minimum Gasteiger partial charge on any atom is -0.487 e. The average molecular weight is 355 g/mol. The van der Waals surface area contributed by atoms with Crippen molar-refractivity contribution in [2.45, 2.75) is 6.54 Å². The smallest absolute Gasteiger partial charge is 0.291 e. The van der Waals surface area contributed by atoms with Gasteiger partial charge in [-0.2, -0.15) is 0 Å². The van der Waals surface area contributed by atoms with Crippen LogP contribution in [-0.4, -0.2) is 29.2 Å². The van der Waals surface area contributed by atoms with Gasteiger partial charge < -0.3 is 15.4 Å². The lowest BCUT2D eigenvalue weighted by Gasteiger charge is -2.14. The molecule has 7 heteroatoms. The van der Waals surface area contributed by atoms with Gasteiger partial charge in [0.25, 0.3) is 11.8 Å². The predicted molar refractivity (Wildman–Crippen MR) is 97.0 cm³/mol. The van der Waals surface area contributed by atoms with E-state index in [4.69, 9.17) is 4.74 Å². The third kappa shape index (κ3) is 4.84. The molecule has 1 aromatic heterocycles. The van der Waals surface area contributed by atoms with Crippen molar-refractivity contribution in [2.24, 2.45) is 0 Å². The fourth-order valence-corrected chi connectivity index (χ4v) is 2.80. The van der Waals surface area contributed by atoms with Crippen LogP contribution in [0.25, 0.3) is 0 Å². The summed E-state index contributed by atoms with van der Waals surface area (Å²) in [5.41, 5.74) is 2.05. The predicted octanol–water partition coefficient (Wildman–Crippen LogP) is 2.55. The molecule has 0 radical (unpaired) electrons. The Labute approximate surface area is 149 Å². The largest absolute Gasteiger partial charge is 0.487 e. The molecule has 1 aliphatic rings. The van der Waals surface area contributed by atoms with E-state index in [0.717, 1.165) is 11.3 Å². The molecular weight excluding hydrogens is 338 g/mol. The van der Waals surface area contributed by atoms with Crippen molar-refractivity contribution in [3.05, 3.63) is 71.1 Å². The van der Waals surface area contributed by atoms with Crippen molar-refractivity contribution in [1.29, 1.82) is 0 Å². The van der Waals surface area contributed by atoms with Crippen molar-refractivity contribution < 1.29 is 14.3 Å². The lowest BCUT2D eigenvalue weighted by Crippen LogP contribution is -2.23. The zero-order chi connectivity index (χ0) is 17.5. The molecule has 0 atom stereocenters. The van der Waals surface area contributed by atoms with E-state index in [1.165, 1.54) is 0 Å². The van der Waals surface area contributed by atoms with Gasteiger partial charge in [-0.1, -0.05) is 6.07 Å². The molecule has 25 heavy (non-hydrogen) atoms. The summed E-state index contributed by atoms with van der Waals surface area (Å²) < 4.78 is 5.31. The number of ether oxygens (including phenoxy) is 1. The van der Waals surface area contributed by atoms with Gasteiger partial charge in [-0.3, -0.25) is 14.6 Å². The summed E-state index contributed by atoms with van der Waals surface area (Å²) in [6, 6.07) is 10.4. The van der Waals surface area contributed by atoms with E-state index in [-0.39, 0.29) is 11.8 Å². The number of thioether (sulfide) groups is 1. The van der Waals surface area contributed by atoms with E-state index in [2.05, 4.69) is 15.6 Å². The summed E-state index contributed by atoms with van der Waals surface area (Å²) in [5, 5.41) is 7.29. The Balaban J connectivity index is 1.55. The molecule has 0 unspecified atom stereocenters. The van der Waals surface area contributed by atoms with Crippen LogP contribution in [0, 0.1) is 0 Å². The standard InChI is InChI=1S/C18H17N3O3S/c22-17(20-11-13-2-1-7-19-10-13)14-3-5-15(6-4-14)21-18(23)16-12-25-9-8-24-16/h1-7,10,12H,8-9,11H2,(H,20,22)(H,21,23). The third-order valence-electron chi connectivity index (χ3n) is 3.45. The van der Waals surface area contributed by atoms with Crippen molar-refractivity contribution in [1.82, 2.24) is 10.3 Å². The van der Waals surface area contributed by atoms with Crippen LogP contribution >= 0.6 is 11.8 Å². The fraction of sp³-hybridized carbons (Fsp3) is 0.167. The molecule has 1 aromatic carbocycles. The Morgan fingerprint density at radius 3 is 2.68 bits per heavy atom. The van der Waals surface area contributed by atoms with Gasteiger partial charge in [-0.05, 0) is 35.9 Å². The number of nitrogens with one attached hydrogen (secondary N) is 2. The molecule has 1 aliphatic heterocycles. The van der Waals surface area contributed by atoms with Gasteiger partial charge in [0, 0.05) is 41.4 Å². The molecule has 3 rings (SSSR count). The van der Waals surface area contributed by atoms with Gasteiger partial charge in [0.2, 0.25) is 0 Å². The number of amides is 2. The van der Waals surface area contributed by atoms with Crippen LogP contribution in [0.5, 0.6) is 0 Å². The highest BCUT2D eigenvalue weighted by Crippen LogP contribution is 2.17. The number of rotatable bonds is 5. The summed E-state index contributed by atoms with van der Waals surface area (Å²) >= 11 is 1.55. The van der Waals surface area contributed by atoms with Gasteiger partial charge in [0.1, 0.15) is 0 Å². The van der Waals surface area contributed by atoms with Crippen LogP contribution in [-0.2, 0) is 16.1 Å². The number of anilines is 1. The lowest BCUT2D eigenvalue weighted by atomic mass is 10.2. The summed E-state index contributed by atoms with van der Waals surface area (Å²) in [7, 11) is 0. The van der Waals surface area contributed by atoms with Gasteiger partial charge in [-0.25, -0.2) is 0 Å². The number of hydrogen-bond acceptors (Lipinski definition) is 5. The first-order valence-corrected chi connectivity index (χ1v) is 8.80. The molecule has 0 saturated heterocycles. The van der Waals surface area contributed by atoms with E-state index in [0.29, 0.717) is 30.2 Å². The van der Waals surface area contributed by atoms with Gasteiger partial charge in [0.05, 0.1) is 6.61 Å². The highest BCUT2D eigenvalue weighted by atomic mass is 32.2. The SMILES string of the molecule is O=C(Nc1ccc(C(=O)NCc2cccnc2)cc1)C1=CSCCO1. The number of benzene rings is 1. The van der Waals surface area contributed by atoms with E-state index in [1.807, 2.05) is 12.1 Å². The van der Waals surface area contributed by atoms with Crippen molar-refractivity contribution >= 4 is 29.3 Å². The van der Waals surface area contributed by atoms with Crippen molar-refractivity contribution in [2.75, 3.05) is 17.7 Å². The zero-order valence-corrected chi connectivity index (χ0v) is 14.2. The summed E-state index contributed by atoms with van der Waals surface area (Å²) in [6.07, 6.45) is 3.39. The first-order valence-electron chi connectivity index (χ1n) is 7.75. The van der Waals surface area contributed by atoms with Gasteiger partial charge in [0.15, 0.2) is 5.76 Å². The average Bonchev–Trinajstić information content (AvgIpc) is 2.68. The summed E-state index contributed by atoms with van der Waals surface area (Å²) in [4.78, 5) is 28.2. The number of carbonyl (C=O) groups is 2. The van der Waals surface area contributed by atoms with E-state index in [1.54, 1.807) is 53.8 Å². The second-order valence-electron chi connectivity index (χ2n) is 5.28. The van der Waals surface area contributed by atoms with Crippen LogP contribution in [0.15, 0.2) is 60.0 Å². The Morgan fingerprint density at radius 1 is 1.16 bits per heavy atom. The molecule has 0 fully saturated rings. The molecule has 2 aromatic rings. The Kier molecular flexibility index (Phi) is 5.69. The second kappa shape index (κ2) is 8.34.